The number of nitrogens with zero attached hydrogens (tertiary/aromatic N) is 1. The highest BCUT2D eigenvalue weighted by atomic mass is 35.5. The van der Waals surface area contributed by atoms with Crippen molar-refractivity contribution >= 4 is 39.2 Å². The van der Waals surface area contributed by atoms with E-state index in [1.165, 1.54) is 13.0 Å². The maximum absolute atomic E-state index is 12.3. The van der Waals surface area contributed by atoms with E-state index in [2.05, 4.69) is 9.71 Å². The minimum Gasteiger partial charge on any atom is -0.453 e. The number of benzene rings is 2. The van der Waals surface area contributed by atoms with Gasteiger partial charge < -0.3 is 4.74 Å². The van der Waals surface area contributed by atoms with Crippen LogP contribution in [0.15, 0.2) is 58.4 Å². The van der Waals surface area contributed by atoms with Crippen LogP contribution in [0.2, 0.25) is 5.02 Å². The number of fused-ring (bicyclic) bond motifs is 1. The molecule has 27 heavy (non-hydrogen) atoms. The molecule has 2 aromatic carbocycles. The lowest BCUT2D eigenvalue weighted by Gasteiger charge is -2.11. The van der Waals surface area contributed by atoms with Gasteiger partial charge in [-0.1, -0.05) is 23.7 Å². The maximum Gasteiger partial charge on any atom is 0.328 e. The molecule has 1 N–H and O–H groups in total. The fourth-order valence-electron chi connectivity index (χ4n) is 2.53. The van der Waals surface area contributed by atoms with Gasteiger partial charge in [0.1, 0.15) is 12.4 Å². The Hall–Kier alpha value is -2.71. The van der Waals surface area contributed by atoms with Crippen molar-refractivity contribution in [3.05, 3.63) is 64.7 Å². The summed E-state index contributed by atoms with van der Waals surface area (Å²) in [5.41, 5.74) is 0.749. The summed E-state index contributed by atoms with van der Waals surface area (Å²) in [5, 5.41) is 0.492. The largest absolute Gasteiger partial charge is 0.453 e. The van der Waals surface area contributed by atoms with Gasteiger partial charge in [-0.25, -0.2) is 8.42 Å². The minimum atomic E-state index is -3.68. The van der Waals surface area contributed by atoms with Gasteiger partial charge in [-0.3, -0.25) is 19.3 Å². The van der Waals surface area contributed by atoms with Crippen molar-refractivity contribution < 1.29 is 22.7 Å². The lowest BCUT2D eigenvalue weighted by Crippen LogP contribution is -2.27. The number of nitrogens with one attached hydrogen (secondary N) is 1. The summed E-state index contributed by atoms with van der Waals surface area (Å²) in [7, 11) is -3.68. The number of ketones is 1. The van der Waals surface area contributed by atoms with Crippen molar-refractivity contribution in [1.29, 1.82) is 0 Å². The third kappa shape index (κ3) is 4.17. The number of esters is 1. The molecule has 1 atom stereocenters. The van der Waals surface area contributed by atoms with E-state index in [9.17, 15) is 18.0 Å². The second kappa shape index (κ2) is 7.50. The Morgan fingerprint density at radius 3 is 2.52 bits per heavy atom. The molecule has 1 aliphatic rings. The molecule has 0 aliphatic carbocycles. The number of ether oxygens (including phenoxy) is 1. The van der Waals surface area contributed by atoms with Crippen LogP contribution >= 0.6 is 11.6 Å². The van der Waals surface area contributed by atoms with Crippen LogP contribution in [0.4, 0.5) is 0 Å². The number of halogens is 1. The van der Waals surface area contributed by atoms with Crippen molar-refractivity contribution in [2.45, 2.75) is 17.9 Å². The van der Waals surface area contributed by atoms with Crippen LogP contribution in [0.5, 0.6) is 0 Å². The predicted octanol–water partition coefficient (Wildman–Crippen LogP) is 2.19. The van der Waals surface area contributed by atoms with E-state index in [1.807, 2.05) is 0 Å². The number of sulfonamides is 1. The van der Waals surface area contributed by atoms with E-state index in [1.54, 1.807) is 42.5 Å². The summed E-state index contributed by atoms with van der Waals surface area (Å²) in [6.45, 7) is 1.03. The molecule has 0 spiro atoms. The lowest BCUT2D eigenvalue weighted by atomic mass is 10.1. The molecule has 1 heterocycles. The van der Waals surface area contributed by atoms with Gasteiger partial charge in [-0.15, -0.1) is 0 Å². The number of aliphatic imine (C=N–C) groups is 1. The van der Waals surface area contributed by atoms with Crippen LogP contribution < -0.4 is 4.72 Å². The Labute approximate surface area is 161 Å². The third-order valence-electron chi connectivity index (χ3n) is 3.84. The normalized spacial score (nSPS) is 17.0. The maximum atomic E-state index is 12.3. The van der Waals surface area contributed by atoms with Crippen molar-refractivity contribution in [1.82, 2.24) is 4.72 Å². The molecular weight excluding hydrogens is 392 g/mol. The molecule has 140 valence electrons. The summed E-state index contributed by atoms with van der Waals surface area (Å²) in [5.74, 6) is -1.06. The molecular formula is C18H15ClN2O5S. The van der Waals surface area contributed by atoms with Gasteiger partial charge in [0, 0.05) is 16.1 Å². The highest BCUT2D eigenvalue weighted by Gasteiger charge is 2.30. The fraction of sp³-hybridized carbons (Fsp3) is 0.167. The van der Waals surface area contributed by atoms with Crippen LogP contribution in [-0.2, 0) is 19.6 Å². The zero-order chi connectivity index (χ0) is 19.6. The van der Waals surface area contributed by atoms with Crippen LogP contribution in [0.3, 0.4) is 0 Å². The van der Waals surface area contributed by atoms with Crippen molar-refractivity contribution in [2.24, 2.45) is 4.99 Å². The summed E-state index contributed by atoms with van der Waals surface area (Å²) in [6.07, 6.45) is -1.01. The Kier molecular flexibility index (Phi) is 5.29. The van der Waals surface area contributed by atoms with E-state index >= 15 is 0 Å². The van der Waals surface area contributed by atoms with E-state index in [-0.39, 0.29) is 16.5 Å². The highest BCUT2D eigenvalue weighted by molar-refractivity contribution is 7.90. The molecule has 7 nitrogen and oxygen atoms in total. The Morgan fingerprint density at radius 2 is 1.81 bits per heavy atom. The first-order valence-corrected chi connectivity index (χ1v) is 9.80. The van der Waals surface area contributed by atoms with Gasteiger partial charge in [-0.2, -0.15) is 0 Å². The molecule has 0 unspecified atom stereocenters. The SMILES string of the molecule is C[C@@H](OC(=O)CN=C1NS(=O)(=O)c2ccccc21)C(=O)c1ccc(Cl)cc1. The van der Waals surface area contributed by atoms with Gasteiger partial charge in [0.2, 0.25) is 5.78 Å². The summed E-state index contributed by atoms with van der Waals surface area (Å²) in [6, 6.07) is 12.5. The van der Waals surface area contributed by atoms with E-state index in [0.29, 0.717) is 16.1 Å². The fourth-order valence-corrected chi connectivity index (χ4v) is 3.91. The quantitative estimate of drug-likeness (QED) is 0.605. The van der Waals surface area contributed by atoms with Gasteiger partial charge in [0.15, 0.2) is 6.10 Å². The van der Waals surface area contributed by atoms with Crippen molar-refractivity contribution in [2.75, 3.05) is 6.54 Å². The van der Waals surface area contributed by atoms with Crippen LogP contribution in [-0.4, -0.2) is 38.7 Å². The van der Waals surface area contributed by atoms with Gasteiger partial charge >= 0.3 is 5.97 Å². The number of carbonyl (C=O) groups excluding carboxylic acids is 2. The number of amidine groups is 1. The van der Waals surface area contributed by atoms with E-state index in [4.69, 9.17) is 16.3 Å². The van der Waals surface area contributed by atoms with Gasteiger partial charge in [0.05, 0.1) is 4.90 Å². The number of carbonyl (C=O) groups is 2. The van der Waals surface area contributed by atoms with E-state index < -0.39 is 28.6 Å². The minimum absolute atomic E-state index is 0.0687. The second-order valence-electron chi connectivity index (χ2n) is 5.77. The monoisotopic (exact) mass is 406 g/mol. The summed E-state index contributed by atoms with van der Waals surface area (Å²) >= 11 is 5.78. The summed E-state index contributed by atoms with van der Waals surface area (Å²) in [4.78, 5) is 28.3. The standard InChI is InChI=1S/C18H15ClN2O5S/c1-11(17(23)12-6-8-13(19)9-7-12)26-16(22)10-20-18-14-4-2-3-5-15(14)27(24,25)21-18/h2-9,11H,10H2,1H3,(H,20,21)/t11-/m1/s1. The van der Waals surface area contributed by atoms with Gasteiger partial charge in [-0.05, 0) is 43.3 Å². The highest BCUT2D eigenvalue weighted by Crippen LogP contribution is 2.22. The zero-order valence-electron chi connectivity index (χ0n) is 14.2. The number of hydrogen-bond acceptors (Lipinski definition) is 6. The Morgan fingerprint density at radius 1 is 1.15 bits per heavy atom. The smallest absolute Gasteiger partial charge is 0.328 e. The topological polar surface area (TPSA) is 102 Å². The summed E-state index contributed by atoms with van der Waals surface area (Å²) < 4.78 is 31.4. The first-order chi connectivity index (χ1) is 12.8. The molecule has 0 amide bonds. The molecule has 0 fully saturated rings. The first-order valence-electron chi connectivity index (χ1n) is 7.94. The molecule has 0 aromatic heterocycles. The Balaban J connectivity index is 1.65. The van der Waals surface area contributed by atoms with Gasteiger partial charge in [0.25, 0.3) is 10.0 Å². The van der Waals surface area contributed by atoms with Crippen molar-refractivity contribution in [3.8, 4) is 0 Å². The third-order valence-corrected chi connectivity index (χ3v) is 5.48. The van der Waals surface area contributed by atoms with Crippen LogP contribution in [0, 0.1) is 0 Å². The predicted molar refractivity (Wildman–Crippen MR) is 99.5 cm³/mol. The molecule has 3 rings (SSSR count). The Bertz CT molecular complexity index is 1030. The lowest BCUT2D eigenvalue weighted by molar-refractivity contribution is -0.144. The zero-order valence-corrected chi connectivity index (χ0v) is 15.8. The van der Waals surface area contributed by atoms with Crippen LogP contribution in [0.25, 0.3) is 0 Å². The molecule has 2 aromatic rings. The second-order valence-corrected chi connectivity index (χ2v) is 7.86. The number of rotatable bonds is 5. The molecule has 1 aliphatic heterocycles. The average molecular weight is 407 g/mol. The van der Waals surface area contributed by atoms with E-state index in [0.717, 1.165) is 0 Å². The van der Waals surface area contributed by atoms with Crippen molar-refractivity contribution in [3.63, 3.8) is 0 Å². The molecule has 0 saturated carbocycles. The van der Waals surface area contributed by atoms with Crippen LogP contribution in [0.1, 0.15) is 22.8 Å². The number of hydrogen-bond donors (Lipinski definition) is 1. The molecule has 9 heteroatoms. The molecule has 0 saturated heterocycles. The molecule has 0 bridgehead atoms. The molecule has 0 radical (unpaired) electrons. The first kappa shape index (κ1) is 19.1. The average Bonchev–Trinajstić information content (AvgIpc) is 2.91. The number of Topliss-reactive ketones (excluding diaryl/α,β-unsaturated/α-hetero) is 1.